The van der Waals surface area contributed by atoms with E-state index in [0.717, 1.165) is 50.7 Å². The van der Waals surface area contributed by atoms with Crippen molar-refractivity contribution in [2.75, 3.05) is 32.6 Å². The van der Waals surface area contributed by atoms with Crippen LogP contribution in [0.5, 0.6) is 0 Å². The highest BCUT2D eigenvalue weighted by Crippen LogP contribution is 2.32. The van der Waals surface area contributed by atoms with Crippen molar-refractivity contribution in [2.24, 2.45) is 5.41 Å². The molecule has 1 aromatic rings. The fraction of sp³-hybridized carbons (Fsp3) is 0.692. The second-order valence-corrected chi connectivity index (χ2v) is 5.34. The topological polar surface area (TPSA) is 25.6 Å². The zero-order valence-electron chi connectivity index (χ0n) is 10.4. The molecule has 3 nitrogen and oxygen atoms in total. The molecule has 0 bridgehead atoms. The Labute approximate surface area is 109 Å². The number of hydrogen-bond donors (Lipinski definition) is 1. The molecule has 96 valence electrons. The monoisotopic (exact) mass is 255 g/mol. The molecular formula is C13H21NO2S. The molecule has 0 unspecified atom stereocenters. The molecule has 0 saturated carbocycles. The van der Waals surface area contributed by atoms with Crippen molar-refractivity contribution in [1.82, 2.24) is 4.90 Å². The third kappa shape index (κ3) is 3.50. The summed E-state index contributed by atoms with van der Waals surface area (Å²) in [5, 5.41) is 0. The molecule has 0 N–H and O–H groups in total. The molecule has 0 aromatic carbocycles. The van der Waals surface area contributed by atoms with Gasteiger partial charge in [0.05, 0.1) is 12.8 Å². The average Bonchev–Trinajstić information content (AvgIpc) is 2.83. The van der Waals surface area contributed by atoms with Gasteiger partial charge in [0.25, 0.3) is 0 Å². The summed E-state index contributed by atoms with van der Waals surface area (Å²) in [5.41, 5.74) is 0.308. The first kappa shape index (κ1) is 13.0. The van der Waals surface area contributed by atoms with E-state index in [1.54, 1.807) is 6.26 Å². The molecule has 0 radical (unpaired) electrons. The Morgan fingerprint density at radius 1 is 1.41 bits per heavy atom. The van der Waals surface area contributed by atoms with E-state index in [2.05, 4.69) is 24.6 Å². The van der Waals surface area contributed by atoms with Gasteiger partial charge in [-0.3, -0.25) is 4.90 Å². The molecule has 0 atom stereocenters. The fourth-order valence-electron chi connectivity index (χ4n) is 2.47. The minimum Gasteiger partial charge on any atom is -0.468 e. The highest BCUT2D eigenvalue weighted by atomic mass is 32.1. The molecule has 17 heavy (non-hydrogen) atoms. The molecule has 1 aromatic heterocycles. The van der Waals surface area contributed by atoms with Crippen molar-refractivity contribution in [3.63, 3.8) is 0 Å². The van der Waals surface area contributed by atoms with Gasteiger partial charge in [-0.25, -0.2) is 0 Å². The van der Waals surface area contributed by atoms with Gasteiger partial charge >= 0.3 is 0 Å². The molecule has 1 aliphatic rings. The standard InChI is InChI=1S/C13H21NO2S/c1-14(9-12-3-2-6-16-12)10-13(11-17)4-7-15-8-5-13/h2-3,6,17H,4-5,7-11H2,1H3. The van der Waals surface area contributed by atoms with Crippen LogP contribution in [0, 0.1) is 5.41 Å². The van der Waals surface area contributed by atoms with E-state index in [-0.39, 0.29) is 0 Å². The molecule has 1 saturated heterocycles. The van der Waals surface area contributed by atoms with Crippen LogP contribution in [-0.4, -0.2) is 37.5 Å². The van der Waals surface area contributed by atoms with Crippen LogP contribution in [0.1, 0.15) is 18.6 Å². The SMILES string of the molecule is CN(Cc1ccco1)CC1(CS)CCOCC1. The van der Waals surface area contributed by atoms with Crippen LogP contribution in [0.4, 0.5) is 0 Å². The van der Waals surface area contributed by atoms with Gasteiger partial charge in [0.2, 0.25) is 0 Å². The smallest absolute Gasteiger partial charge is 0.117 e. The Bertz CT molecular complexity index is 320. The van der Waals surface area contributed by atoms with Crippen molar-refractivity contribution in [3.8, 4) is 0 Å². The van der Waals surface area contributed by atoms with Crippen molar-refractivity contribution >= 4 is 12.6 Å². The zero-order valence-corrected chi connectivity index (χ0v) is 11.3. The third-order valence-electron chi connectivity index (χ3n) is 3.50. The van der Waals surface area contributed by atoms with Gasteiger partial charge in [0.1, 0.15) is 5.76 Å². The molecule has 2 rings (SSSR count). The van der Waals surface area contributed by atoms with E-state index < -0.39 is 0 Å². The van der Waals surface area contributed by atoms with E-state index in [1.807, 2.05) is 12.1 Å². The molecule has 1 fully saturated rings. The highest BCUT2D eigenvalue weighted by Gasteiger charge is 2.32. The predicted molar refractivity (Wildman–Crippen MR) is 71.4 cm³/mol. The number of hydrogen-bond acceptors (Lipinski definition) is 4. The first-order valence-electron chi connectivity index (χ1n) is 6.14. The Balaban J connectivity index is 1.89. The zero-order chi connectivity index (χ0) is 12.1. The lowest BCUT2D eigenvalue weighted by molar-refractivity contribution is 0.00981. The fourth-order valence-corrected chi connectivity index (χ4v) is 2.88. The second kappa shape index (κ2) is 5.94. The van der Waals surface area contributed by atoms with Crippen LogP contribution in [0.2, 0.25) is 0 Å². The van der Waals surface area contributed by atoms with Gasteiger partial charge in [-0.15, -0.1) is 0 Å². The summed E-state index contributed by atoms with van der Waals surface area (Å²) < 4.78 is 10.8. The van der Waals surface area contributed by atoms with E-state index >= 15 is 0 Å². The summed E-state index contributed by atoms with van der Waals surface area (Å²) in [6, 6.07) is 3.96. The van der Waals surface area contributed by atoms with Gasteiger partial charge in [-0.1, -0.05) is 0 Å². The van der Waals surface area contributed by atoms with Crippen molar-refractivity contribution < 1.29 is 9.15 Å². The van der Waals surface area contributed by atoms with Crippen LogP contribution in [0.3, 0.4) is 0 Å². The first-order valence-corrected chi connectivity index (χ1v) is 6.77. The predicted octanol–water partition coefficient (Wildman–Crippen LogP) is 2.44. The summed E-state index contributed by atoms with van der Waals surface area (Å²) in [6.07, 6.45) is 3.95. The van der Waals surface area contributed by atoms with E-state index in [4.69, 9.17) is 9.15 Å². The molecule has 2 heterocycles. The lowest BCUT2D eigenvalue weighted by Gasteiger charge is -2.38. The van der Waals surface area contributed by atoms with Crippen LogP contribution in [0.25, 0.3) is 0 Å². The van der Waals surface area contributed by atoms with Crippen LogP contribution < -0.4 is 0 Å². The lowest BCUT2D eigenvalue weighted by Crippen LogP contribution is -2.41. The minimum atomic E-state index is 0.308. The summed E-state index contributed by atoms with van der Waals surface area (Å²) in [6.45, 7) is 3.66. The summed E-state index contributed by atoms with van der Waals surface area (Å²) in [4.78, 5) is 2.32. The number of rotatable bonds is 5. The normalized spacial score (nSPS) is 19.7. The summed E-state index contributed by atoms with van der Waals surface area (Å²) in [7, 11) is 2.14. The Hall–Kier alpha value is -0.450. The maximum absolute atomic E-state index is 5.44. The molecular weight excluding hydrogens is 234 g/mol. The largest absolute Gasteiger partial charge is 0.468 e. The Morgan fingerprint density at radius 2 is 2.18 bits per heavy atom. The maximum atomic E-state index is 5.44. The van der Waals surface area contributed by atoms with Crippen LogP contribution in [-0.2, 0) is 11.3 Å². The quantitative estimate of drug-likeness (QED) is 0.818. The number of thiol groups is 1. The van der Waals surface area contributed by atoms with Gasteiger partial charge in [0, 0.05) is 19.8 Å². The number of furan rings is 1. The molecule has 0 spiro atoms. The van der Waals surface area contributed by atoms with E-state index in [0.29, 0.717) is 5.41 Å². The van der Waals surface area contributed by atoms with Crippen molar-refractivity contribution in [2.45, 2.75) is 19.4 Å². The summed E-state index contributed by atoms with van der Waals surface area (Å²) in [5.74, 6) is 1.95. The van der Waals surface area contributed by atoms with Crippen LogP contribution in [0.15, 0.2) is 22.8 Å². The van der Waals surface area contributed by atoms with Gasteiger partial charge in [-0.05, 0) is 43.2 Å². The van der Waals surface area contributed by atoms with E-state index in [9.17, 15) is 0 Å². The average molecular weight is 255 g/mol. The molecule has 1 aliphatic heterocycles. The third-order valence-corrected chi connectivity index (χ3v) is 4.17. The van der Waals surface area contributed by atoms with E-state index in [1.165, 1.54) is 0 Å². The Kier molecular flexibility index (Phi) is 4.54. The van der Waals surface area contributed by atoms with Gasteiger partial charge in [-0.2, -0.15) is 12.6 Å². The van der Waals surface area contributed by atoms with Crippen LogP contribution >= 0.6 is 12.6 Å². The summed E-state index contributed by atoms with van der Waals surface area (Å²) >= 11 is 4.53. The van der Waals surface area contributed by atoms with Gasteiger partial charge in [0.15, 0.2) is 0 Å². The Morgan fingerprint density at radius 3 is 2.76 bits per heavy atom. The minimum absolute atomic E-state index is 0.308. The van der Waals surface area contributed by atoms with Gasteiger partial charge < -0.3 is 9.15 Å². The number of nitrogens with zero attached hydrogens (tertiary/aromatic N) is 1. The molecule has 0 amide bonds. The highest BCUT2D eigenvalue weighted by molar-refractivity contribution is 7.80. The molecule has 4 heteroatoms. The second-order valence-electron chi connectivity index (χ2n) is 5.02. The van der Waals surface area contributed by atoms with Crippen molar-refractivity contribution in [3.05, 3.63) is 24.2 Å². The first-order chi connectivity index (χ1) is 8.24. The maximum Gasteiger partial charge on any atom is 0.117 e. The molecule has 0 aliphatic carbocycles. The lowest BCUT2D eigenvalue weighted by atomic mass is 9.81. The number of ether oxygens (including phenoxy) is 1. The van der Waals surface area contributed by atoms with Crippen molar-refractivity contribution in [1.29, 1.82) is 0 Å².